The first-order valence-corrected chi connectivity index (χ1v) is 10.4. The smallest absolute Gasteiger partial charge is 0.307 e. The summed E-state index contributed by atoms with van der Waals surface area (Å²) < 4.78 is 10.4. The van der Waals surface area contributed by atoms with Crippen molar-refractivity contribution in [3.63, 3.8) is 0 Å². The molecule has 0 saturated carbocycles. The summed E-state index contributed by atoms with van der Waals surface area (Å²) in [6.45, 7) is 4.43. The molecule has 1 aliphatic rings. The average molecular weight is 463 g/mol. The molecule has 1 fully saturated rings. The van der Waals surface area contributed by atoms with Gasteiger partial charge in [-0.05, 0) is 13.8 Å². The number of carbonyl (C=O) groups excluding carboxylic acids is 2. The second-order valence-corrected chi connectivity index (χ2v) is 7.87. The van der Waals surface area contributed by atoms with Gasteiger partial charge in [0.2, 0.25) is 0 Å². The highest BCUT2D eigenvalue weighted by Gasteiger charge is 2.32. The summed E-state index contributed by atoms with van der Waals surface area (Å²) in [5.41, 5.74) is 0. The number of aromatic nitrogens is 1. The lowest BCUT2D eigenvalue weighted by molar-refractivity contribution is -0.486. The molecule has 0 radical (unpaired) electrons. The number of hydrazone groups is 1. The normalized spacial score (nSPS) is 15.9. The number of hydrogen-bond acceptors (Lipinski definition) is 9. The van der Waals surface area contributed by atoms with Crippen molar-refractivity contribution in [1.29, 1.82) is 0 Å². The highest BCUT2D eigenvalue weighted by atomic mass is 35.5. The van der Waals surface area contributed by atoms with Gasteiger partial charge in [0.25, 0.3) is 5.96 Å². The number of nitrogens with zero attached hydrogens (tertiary/aromatic N) is 5. The number of guanidine groups is 1. The fourth-order valence-electron chi connectivity index (χ4n) is 2.87. The van der Waals surface area contributed by atoms with Gasteiger partial charge >= 0.3 is 11.9 Å². The zero-order valence-electron chi connectivity index (χ0n) is 16.6. The van der Waals surface area contributed by atoms with Crippen molar-refractivity contribution in [2.45, 2.75) is 39.3 Å². The number of hydrogen-bond donors (Lipinski definition) is 1. The number of esters is 2. The van der Waals surface area contributed by atoms with Gasteiger partial charge in [0.15, 0.2) is 9.50 Å². The van der Waals surface area contributed by atoms with Gasteiger partial charge < -0.3 is 19.7 Å². The van der Waals surface area contributed by atoms with Crippen molar-refractivity contribution in [2.24, 2.45) is 5.10 Å². The number of thiazole rings is 1. The lowest BCUT2D eigenvalue weighted by Gasteiger charge is -2.40. The van der Waals surface area contributed by atoms with Gasteiger partial charge in [-0.3, -0.25) is 14.5 Å². The summed E-state index contributed by atoms with van der Waals surface area (Å²) in [6, 6.07) is -0.527. The highest BCUT2D eigenvalue weighted by molar-refractivity contribution is 7.15. The zero-order valence-corrected chi connectivity index (χ0v) is 18.1. The minimum atomic E-state index is -0.792. The van der Waals surface area contributed by atoms with Crippen LogP contribution in [0.25, 0.3) is 0 Å². The molecule has 1 aromatic rings. The summed E-state index contributed by atoms with van der Waals surface area (Å²) in [6.07, 6.45) is 1.51. The molecule has 1 N–H and O–H groups in total. The van der Waals surface area contributed by atoms with Gasteiger partial charge in [0, 0.05) is 17.1 Å². The van der Waals surface area contributed by atoms with Gasteiger partial charge in [-0.25, -0.2) is 15.1 Å². The highest BCUT2D eigenvalue weighted by Crippen LogP contribution is 2.21. The van der Waals surface area contributed by atoms with E-state index in [1.165, 1.54) is 11.3 Å². The molecule has 0 bridgehead atoms. The number of nitro groups is 1. The van der Waals surface area contributed by atoms with Crippen molar-refractivity contribution < 1.29 is 24.1 Å². The third-order valence-corrected chi connectivity index (χ3v) is 5.17. The lowest BCUT2D eigenvalue weighted by Crippen LogP contribution is -2.59. The maximum Gasteiger partial charge on any atom is 0.307 e. The molecule has 0 spiro atoms. The van der Waals surface area contributed by atoms with Crippen LogP contribution in [0.4, 0.5) is 0 Å². The minimum Gasteiger partial charge on any atom is -0.466 e. The van der Waals surface area contributed by atoms with E-state index in [2.05, 4.69) is 15.4 Å². The molecule has 2 rings (SSSR count). The monoisotopic (exact) mass is 462 g/mol. The third-order valence-electron chi connectivity index (χ3n) is 4.07. The molecule has 1 aliphatic heterocycles. The Kier molecular flexibility index (Phi) is 9.20. The molecule has 166 valence electrons. The molecule has 0 aromatic carbocycles. The molecule has 2 heterocycles. The first-order valence-electron chi connectivity index (χ1n) is 9.19. The molecule has 0 amide bonds. The topological polar surface area (TPSA) is 140 Å². The Bertz CT molecular complexity index is 770. The van der Waals surface area contributed by atoms with Gasteiger partial charge in [-0.2, -0.15) is 0 Å². The molecule has 1 aromatic heterocycles. The average Bonchev–Trinajstić information content (AvgIpc) is 3.07. The predicted molar refractivity (Wildman–Crippen MR) is 108 cm³/mol. The molecule has 1 saturated heterocycles. The molecule has 0 atom stereocenters. The Morgan fingerprint density at radius 2 is 2.00 bits per heavy atom. The van der Waals surface area contributed by atoms with E-state index >= 15 is 0 Å². The second-order valence-electron chi connectivity index (χ2n) is 6.18. The Morgan fingerprint density at radius 3 is 2.50 bits per heavy atom. The first kappa shape index (κ1) is 23.8. The zero-order chi connectivity index (χ0) is 22.1. The van der Waals surface area contributed by atoms with Crippen LogP contribution in [0.15, 0.2) is 11.3 Å². The van der Waals surface area contributed by atoms with Crippen molar-refractivity contribution in [3.8, 4) is 0 Å². The lowest BCUT2D eigenvalue weighted by atomic mass is 10.1. The fraction of sp³-hybridized carbons (Fsp3) is 0.625. The molecular formula is C16H23ClN6O6S. The molecule has 0 aliphatic carbocycles. The van der Waals surface area contributed by atoms with Crippen LogP contribution in [0.2, 0.25) is 4.47 Å². The minimum absolute atomic E-state index is 0.0315. The van der Waals surface area contributed by atoms with Gasteiger partial charge in [0.05, 0.1) is 45.9 Å². The van der Waals surface area contributed by atoms with E-state index in [9.17, 15) is 19.7 Å². The molecule has 12 nitrogen and oxygen atoms in total. The van der Waals surface area contributed by atoms with Crippen molar-refractivity contribution in [1.82, 2.24) is 20.1 Å². The SMILES string of the molecule is CCOC(=O)CC(CC(=O)OCC)N1CN/C(=N\[N+](=O)[O-])N(Cc2cnc(Cl)s2)C1. The Hall–Kier alpha value is -2.51. The molecule has 0 unspecified atom stereocenters. The first-order chi connectivity index (χ1) is 14.3. The number of ether oxygens (including phenoxy) is 2. The third kappa shape index (κ3) is 7.39. The van der Waals surface area contributed by atoms with Gasteiger partial charge in [-0.1, -0.05) is 11.6 Å². The van der Waals surface area contributed by atoms with Gasteiger partial charge in [-0.15, -0.1) is 11.3 Å². The summed E-state index contributed by atoms with van der Waals surface area (Å²) in [4.78, 5) is 43.2. The Morgan fingerprint density at radius 1 is 1.37 bits per heavy atom. The van der Waals surface area contributed by atoms with E-state index in [-0.39, 0.29) is 51.9 Å². The van der Waals surface area contributed by atoms with E-state index in [4.69, 9.17) is 21.1 Å². The molecule has 30 heavy (non-hydrogen) atoms. The standard InChI is InChI=1S/C16H23ClN6O6S/c1-3-28-13(24)5-11(6-14(25)29-4-2)22-9-19-16(20-23(26)27)21(10-22)8-12-7-18-15(17)30-12/h7,11H,3-6,8-10H2,1-2H3,(H,19,20). The van der Waals surface area contributed by atoms with E-state index in [0.717, 1.165) is 4.88 Å². The molecule has 14 heteroatoms. The number of nitrogens with one attached hydrogen (secondary N) is 1. The van der Waals surface area contributed by atoms with E-state index < -0.39 is 23.0 Å². The van der Waals surface area contributed by atoms with Crippen LogP contribution in [-0.4, -0.2) is 70.3 Å². The van der Waals surface area contributed by atoms with Crippen LogP contribution in [0.3, 0.4) is 0 Å². The van der Waals surface area contributed by atoms with Crippen molar-refractivity contribution in [3.05, 3.63) is 25.7 Å². The largest absolute Gasteiger partial charge is 0.466 e. The maximum absolute atomic E-state index is 12.1. The van der Waals surface area contributed by atoms with Crippen LogP contribution in [0.5, 0.6) is 0 Å². The predicted octanol–water partition coefficient (Wildman–Crippen LogP) is 1.24. The Labute approximate surface area is 181 Å². The number of rotatable bonds is 10. The fourth-order valence-corrected chi connectivity index (χ4v) is 3.86. The van der Waals surface area contributed by atoms with Crippen LogP contribution in [0, 0.1) is 10.1 Å². The second kappa shape index (κ2) is 11.6. The van der Waals surface area contributed by atoms with Crippen molar-refractivity contribution >= 4 is 40.8 Å². The Balaban J connectivity index is 2.19. The van der Waals surface area contributed by atoms with E-state index in [1.807, 2.05) is 0 Å². The van der Waals surface area contributed by atoms with Crippen LogP contribution in [0.1, 0.15) is 31.6 Å². The van der Waals surface area contributed by atoms with E-state index in [0.29, 0.717) is 4.47 Å². The quantitative estimate of drug-likeness (QED) is 0.306. The summed E-state index contributed by atoms with van der Waals surface area (Å²) >= 11 is 7.11. The maximum atomic E-state index is 12.1. The number of carbonyl (C=O) groups is 2. The van der Waals surface area contributed by atoms with Gasteiger partial charge in [0.1, 0.15) is 5.10 Å². The summed E-state index contributed by atoms with van der Waals surface area (Å²) in [7, 11) is 0. The summed E-state index contributed by atoms with van der Waals surface area (Å²) in [5.74, 6) is -0.832. The summed E-state index contributed by atoms with van der Waals surface area (Å²) in [5, 5.41) is 16.4. The van der Waals surface area contributed by atoms with Crippen LogP contribution in [-0.2, 0) is 25.6 Å². The van der Waals surface area contributed by atoms with Crippen molar-refractivity contribution in [2.75, 3.05) is 26.6 Å². The van der Waals surface area contributed by atoms with Crippen LogP contribution >= 0.6 is 22.9 Å². The number of halogens is 1. The van der Waals surface area contributed by atoms with E-state index in [1.54, 1.807) is 29.8 Å². The molecular weight excluding hydrogens is 440 g/mol. The van der Waals surface area contributed by atoms with Crippen LogP contribution < -0.4 is 5.32 Å².